The van der Waals surface area contributed by atoms with Crippen molar-refractivity contribution in [2.24, 2.45) is 0 Å². The van der Waals surface area contributed by atoms with Crippen LogP contribution in [0.25, 0.3) is 15.9 Å². The van der Waals surface area contributed by atoms with Crippen LogP contribution in [0, 0.1) is 13.8 Å². The zero-order chi connectivity index (χ0) is 21.0. The van der Waals surface area contributed by atoms with Gasteiger partial charge in [0.2, 0.25) is 5.91 Å². The fourth-order valence-corrected chi connectivity index (χ4v) is 4.85. The molecule has 9 heteroatoms. The van der Waals surface area contributed by atoms with Gasteiger partial charge in [0, 0.05) is 30.2 Å². The van der Waals surface area contributed by atoms with Gasteiger partial charge in [0.1, 0.15) is 4.83 Å². The molecule has 1 N–H and O–H groups in total. The van der Waals surface area contributed by atoms with Crippen LogP contribution < -0.4 is 10.9 Å². The molecule has 0 fully saturated rings. The number of nitrogens with zero attached hydrogens (tertiary/aromatic N) is 2. The van der Waals surface area contributed by atoms with Gasteiger partial charge in [0.05, 0.1) is 16.8 Å². The van der Waals surface area contributed by atoms with Gasteiger partial charge in [-0.05, 0) is 50.1 Å². The number of hydrogen-bond acceptors (Lipinski definition) is 6. The van der Waals surface area contributed by atoms with Gasteiger partial charge in [-0.15, -0.1) is 11.3 Å². The molecule has 2 heterocycles. The second-order valence-corrected chi connectivity index (χ2v) is 9.04. The smallest absolute Gasteiger partial charge is 0.267 e. The van der Waals surface area contributed by atoms with Crippen LogP contribution in [-0.4, -0.2) is 41.5 Å². The Morgan fingerprint density at radius 2 is 2.03 bits per heavy atom. The number of methoxy groups -OCH3 is 1. The van der Waals surface area contributed by atoms with Gasteiger partial charge in [0.25, 0.3) is 5.56 Å². The largest absolute Gasteiger partial charge is 0.385 e. The number of nitrogens with one attached hydrogen (secondary N) is 1. The number of carbonyl (C=O) groups excluding carboxylic acids is 1. The number of benzene rings is 1. The number of carbonyl (C=O) groups is 1. The Hall–Kier alpha value is -1.87. The summed E-state index contributed by atoms with van der Waals surface area (Å²) in [4.78, 5) is 32.0. The lowest BCUT2D eigenvalue weighted by atomic mass is 10.2. The van der Waals surface area contributed by atoms with E-state index in [9.17, 15) is 9.59 Å². The summed E-state index contributed by atoms with van der Waals surface area (Å²) >= 11 is 8.75. The third-order valence-corrected chi connectivity index (χ3v) is 6.73. The van der Waals surface area contributed by atoms with Crippen molar-refractivity contribution >= 4 is 50.8 Å². The van der Waals surface area contributed by atoms with Crippen molar-refractivity contribution in [3.05, 3.63) is 50.1 Å². The van der Waals surface area contributed by atoms with E-state index < -0.39 is 0 Å². The number of halogens is 1. The van der Waals surface area contributed by atoms with Gasteiger partial charge in [-0.25, -0.2) is 4.98 Å². The molecule has 0 bridgehead atoms. The predicted octanol–water partition coefficient (Wildman–Crippen LogP) is 3.96. The Kier molecular flexibility index (Phi) is 7.34. The molecule has 3 aromatic rings. The topological polar surface area (TPSA) is 73.2 Å². The maximum absolute atomic E-state index is 13.3. The van der Waals surface area contributed by atoms with E-state index in [0.717, 1.165) is 16.9 Å². The first-order chi connectivity index (χ1) is 13.9. The third kappa shape index (κ3) is 5.01. The number of hydrogen-bond donors (Lipinski definition) is 1. The molecule has 0 atom stereocenters. The average Bonchev–Trinajstić information content (AvgIpc) is 2.98. The minimum Gasteiger partial charge on any atom is -0.385 e. The normalized spacial score (nSPS) is 11.2. The molecule has 6 nitrogen and oxygen atoms in total. The highest BCUT2D eigenvalue weighted by molar-refractivity contribution is 7.99. The molecule has 154 valence electrons. The van der Waals surface area contributed by atoms with E-state index in [0.29, 0.717) is 39.2 Å². The summed E-state index contributed by atoms with van der Waals surface area (Å²) in [6.07, 6.45) is 0.750. The van der Waals surface area contributed by atoms with Crippen LogP contribution in [0.1, 0.15) is 16.9 Å². The van der Waals surface area contributed by atoms with Crippen molar-refractivity contribution in [2.45, 2.75) is 25.4 Å². The first kappa shape index (κ1) is 21.8. The van der Waals surface area contributed by atoms with Crippen LogP contribution in [0.15, 0.2) is 34.2 Å². The summed E-state index contributed by atoms with van der Waals surface area (Å²) in [5, 5.41) is 4.54. The quantitative estimate of drug-likeness (QED) is 0.319. The lowest BCUT2D eigenvalue weighted by Gasteiger charge is -2.12. The summed E-state index contributed by atoms with van der Waals surface area (Å²) in [7, 11) is 1.63. The molecule has 3 rings (SSSR count). The minimum absolute atomic E-state index is 0.110. The molecule has 1 aromatic carbocycles. The molecule has 2 aromatic heterocycles. The molecule has 0 saturated carbocycles. The van der Waals surface area contributed by atoms with Gasteiger partial charge >= 0.3 is 0 Å². The number of thiophene rings is 1. The number of rotatable bonds is 8. The maximum Gasteiger partial charge on any atom is 0.267 e. The van der Waals surface area contributed by atoms with Crippen LogP contribution in [0.2, 0.25) is 5.02 Å². The number of thioether (sulfide) groups is 1. The summed E-state index contributed by atoms with van der Waals surface area (Å²) in [6, 6.07) is 7.02. The van der Waals surface area contributed by atoms with Crippen LogP contribution >= 0.6 is 34.7 Å². The molecule has 0 unspecified atom stereocenters. The molecule has 0 aliphatic carbocycles. The lowest BCUT2D eigenvalue weighted by molar-refractivity contribution is -0.118. The first-order valence-corrected chi connectivity index (χ1v) is 11.3. The lowest BCUT2D eigenvalue weighted by Crippen LogP contribution is -2.27. The van der Waals surface area contributed by atoms with E-state index in [-0.39, 0.29) is 17.2 Å². The van der Waals surface area contributed by atoms with Crippen LogP contribution in [0.3, 0.4) is 0 Å². The number of ether oxygens (including phenoxy) is 1. The third-order valence-electron chi connectivity index (χ3n) is 4.44. The van der Waals surface area contributed by atoms with E-state index in [4.69, 9.17) is 21.3 Å². The van der Waals surface area contributed by atoms with Crippen LogP contribution in [0.4, 0.5) is 0 Å². The highest BCUT2D eigenvalue weighted by Crippen LogP contribution is 2.29. The Bertz CT molecular complexity index is 1080. The molecule has 1 amide bonds. The van der Waals surface area contributed by atoms with E-state index in [2.05, 4.69) is 5.32 Å². The van der Waals surface area contributed by atoms with E-state index in [1.54, 1.807) is 35.9 Å². The average molecular weight is 452 g/mol. The molecular formula is C20H22ClN3O3S2. The van der Waals surface area contributed by atoms with E-state index in [1.807, 2.05) is 13.8 Å². The Labute approximate surface area is 182 Å². The molecule has 0 radical (unpaired) electrons. The number of aromatic nitrogens is 2. The van der Waals surface area contributed by atoms with Crippen LogP contribution in [0.5, 0.6) is 0 Å². The van der Waals surface area contributed by atoms with E-state index in [1.165, 1.54) is 23.1 Å². The molecule has 0 aliphatic rings. The molecule has 0 aliphatic heterocycles. The minimum atomic E-state index is -0.137. The monoisotopic (exact) mass is 451 g/mol. The van der Waals surface area contributed by atoms with Crippen molar-refractivity contribution in [1.82, 2.24) is 14.9 Å². The Morgan fingerprint density at radius 1 is 1.31 bits per heavy atom. The summed E-state index contributed by atoms with van der Waals surface area (Å²) in [5.41, 5.74) is 1.47. The fourth-order valence-electron chi connectivity index (χ4n) is 2.82. The first-order valence-electron chi connectivity index (χ1n) is 9.09. The van der Waals surface area contributed by atoms with Gasteiger partial charge in [-0.2, -0.15) is 0 Å². The Morgan fingerprint density at radius 3 is 2.72 bits per heavy atom. The SMILES string of the molecule is COCCCNC(=O)CSc1nc2sc(C)c(C)c2c(=O)n1-c1ccc(Cl)cc1. The van der Waals surface area contributed by atoms with Gasteiger partial charge in [-0.1, -0.05) is 23.4 Å². The number of amides is 1. The van der Waals surface area contributed by atoms with Gasteiger partial charge in [-0.3, -0.25) is 14.2 Å². The highest BCUT2D eigenvalue weighted by atomic mass is 35.5. The second kappa shape index (κ2) is 9.75. The Balaban J connectivity index is 1.94. The summed E-state index contributed by atoms with van der Waals surface area (Å²) < 4.78 is 6.54. The molecule has 0 spiro atoms. The zero-order valence-corrected chi connectivity index (χ0v) is 18.8. The van der Waals surface area contributed by atoms with Gasteiger partial charge in [0.15, 0.2) is 5.16 Å². The van der Waals surface area contributed by atoms with Crippen molar-refractivity contribution in [3.63, 3.8) is 0 Å². The fraction of sp³-hybridized carbons (Fsp3) is 0.350. The van der Waals surface area contributed by atoms with Gasteiger partial charge < -0.3 is 10.1 Å². The standard InChI is InChI=1S/C20H22ClN3O3S2/c1-12-13(2)29-18-17(12)19(26)24(15-7-5-14(21)6-8-15)20(23-18)28-11-16(25)22-9-4-10-27-3/h5-8H,4,9-11H2,1-3H3,(H,22,25). The second-order valence-electron chi connectivity index (χ2n) is 6.46. The summed E-state index contributed by atoms with van der Waals surface area (Å²) in [6.45, 7) is 5.06. The van der Waals surface area contributed by atoms with Crippen molar-refractivity contribution in [3.8, 4) is 5.69 Å². The summed E-state index contributed by atoms with van der Waals surface area (Å²) in [5.74, 6) is 0.0589. The molecular weight excluding hydrogens is 430 g/mol. The van der Waals surface area contributed by atoms with Crippen molar-refractivity contribution < 1.29 is 9.53 Å². The maximum atomic E-state index is 13.3. The predicted molar refractivity (Wildman–Crippen MR) is 120 cm³/mol. The number of fused-ring (bicyclic) bond motifs is 1. The van der Waals surface area contributed by atoms with E-state index >= 15 is 0 Å². The highest BCUT2D eigenvalue weighted by Gasteiger charge is 2.18. The molecule has 29 heavy (non-hydrogen) atoms. The van der Waals surface area contributed by atoms with Crippen LogP contribution in [-0.2, 0) is 9.53 Å². The van der Waals surface area contributed by atoms with Crippen molar-refractivity contribution in [1.29, 1.82) is 0 Å². The number of aryl methyl sites for hydroxylation is 2. The molecule has 0 saturated heterocycles. The zero-order valence-electron chi connectivity index (χ0n) is 16.5. The van der Waals surface area contributed by atoms with Crippen molar-refractivity contribution in [2.75, 3.05) is 26.0 Å².